The van der Waals surface area contributed by atoms with Crippen LogP contribution in [0.5, 0.6) is 5.75 Å². The molecule has 0 saturated carbocycles. The van der Waals surface area contributed by atoms with E-state index in [9.17, 15) is 9.59 Å². The number of anilines is 3. The SMILES string of the molecule is COc1ccccc1N1CC(C(=O)Nc2cc(Cl)ccc2N(C)C)CC1=O. The third-order valence-electron chi connectivity index (χ3n) is 4.57. The van der Waals surface area contributed by atoms with Crippen LogP contribution in [0.2, 0.25) is 5.02 Å². The number of benzene rings is 2. The molecule has 7 heteroatoms. The molecule has 1 aliphatic heterocycles. The van der Waals surface area contributed by atoms with E-state index in [1.807, 2.05) is 43.3 Å². The van der Waals surface area contributed by atoms with Crippen molar-refractivity contribution in [3.63, 3.8) is 0 Å². The van der Waals surface area contributed by atoms with Crippen LogP contribution in [0.4, 0.5) is 17.1 Å². The predicted octanol–water partition coefficient (Wildman–Crippen LogP) is 3.41. The maximum atomic E-state index is 12.8. The van der Waals surface area contributed by atoms with Crippen LogP contribution < -0.4 is 19.9 Å². The molecule has 2 aromatic rings. The molecule has 1 N–H and O–H groups in total. The van der Waals surface area contributed by atoms with E-state index >= 15 is 0 Å². The summed E-state index contributed by atoms with van der Waals surface area (Å²) in [5, 5.41) is 3.46. The first-order chi connectivity index (χ1) is 12.9. The van der Waals surface area contributed by atoms with Gasteiger partial charge < -0.3 is 19.9 Å². The number of amides is 2. The number of nitrogens with one attached hydrogen (secondary N) is 1. The van der Waals surface area contributed by atoms with Crippen molar-refractivity contribution in [2.45, 2.75) is 6.42 Å². The number of nitrogens with zero attached hydrogens (tertiary/aromatic N) is 2. The van der Waals surface area contributed by atoms with E-state index in [0.717, 1.165) is 5.69 Å². The van der Waals surface area contributed by atoms with Crippen LogP contribution in [0.15, 0.2) is 42.5 Å². The minimum absolute atomic E-state index is 0.0985. The summed E-state index contributed by atoms with van der Waals surface area (Å²) in [6.45, 7) is 0.308. The van der Waals surface area contributed by atoms with Gasteiger partial charge in [-0.05, 0) is 30.3 Å². The molecule has 1 unspecified atom stereocenters. The molecule has 6 nitrogen and oxygen atoms in total. The van der Waals surface area contributed by atoms with Crippen molar-refractivity contribution in [1.82, 2.24) is 0 Å². The third-order valence-corrected chi connectivity index (χ3v) is 4.81. The van der Waals surface area contributed by atoms with Crippen molar-refractivity contribution in [1.29, 1.82) is 0 Å². The summed E-state index contributed by atoms with van der Waals surface area (Å²) in [5.41, 5.74) is 2.15. The monoisotopic (exact) mass is 387 g/mol. The highest BCUT2D eigenvalue weighted by Crippen LogP contribution is 2.34. The molecule has 1 aliphatic rings. The average Bonchev–Trinajstić information content (AvgIpc) is 3.03. The molecule has 1 atom stereocenters. The van der Waals surface area contributed by atoms with Gasteiger partial charge in [0.15, 0.2) is 0 Å². The molecule has 0 bridgehead atoms. The van der Waals surface area contributed by atoms with Crippen molar-refractivity contribution >= 4 is 40.5 Å². The second-order valence-electron chi connectivity index (χ2n) is 6.62. The quantitative estimate of drug-likeness (QED) is 0.854. The highest BCUT2D eigenvalue weighted by Gasteiger charge is 2.36. The Hall–Kier alpha value is -2.73. The number of methoxy groups -OCH3 is 1. The van der Waals surface area contributed by atoms with E-state index in [1.165, 1.54) is 0 Å². The lowest BCUT2D eigenvalue weighted by molar-refractivity contribution is -0.122. The van der Waals surface area contributed by atoms with E-state index in [0.29, 0.717) is 28.7 Å². The van der Waals surface area contributed by atoms with E-state index < -0.39 is 5.92 Å². The number of carbonyl (C=O) groups excluding carboxylic acids is 2. The molecule has 0 aromatic heterocycles. The summed E-state index contributed by atoms with van der Waals surface area (Å²) in [6, 6.07) is 12.6. The van der Waals surface area contributed by atoms with Crippen molar-refractivity contribution in [3.8, 4) is 5.75 Å². The lowest BCUT2D eigenvalue weighted by Crippen LogP contribution is -2.28. The van der Waals surface area contributed by atoms with Gasteiger partial charge in [0.2, 0.25) is 11.8 Å². The molecule has 0 aliphatic carbocycles. The van der Waals surface area contributed by atoms with Crippen LogP contribution in [0, 0.1) is 5.92 Å². The second-order valence-corrected chi connectivity index (χ2v) is 7.06. The Morgan fingerprint density at radius 3 is 2.70 bits per heavy atom. The Morgan fingerprint density at radius 2 is 2.00 bits per heavy atom. The summed E-state index contributed by atoms with van der Waals surface area (Å²) >= 11 is 6.08. The first-order valence-electron chi connectivity index (χ1n) is 8.62. The fourth-order valence-corrected chi connectivity index (χ4v) is 3.37. The van der Waals surface area contributed by atoms with Crippen molar-refractivity contribution in [2.75, 3.05) is 42.9 Å². The zero-order chi connectivity index (χ0) is 19.6. The Kier molecular flexibility index (Phi) is 5.56. The minimum Gasteiger partial charge on any atom is -0.495 e. The number of hydrogen-bond donors (Lipinski definition) is 1. The van der Waals surface area contributed by atoms with Gasteiger partial charge in [0, 0.05) is 32.1 Å². The van der Waals surface area contributed by atoms with Crippen LogP contribution in [0.1, 0.15) is 6.42 Å². The van der Waals surface area contributed by atoms with Gasteiger partial charge in [-0.1, -0.05) is 23.7 Å². The molecular formula is C20H22ClN3O3. The van der Waals surface area contributed by atoms with Gasteiger partial charge in [0.1, 0.15) is 5.75 Å². The minimum atomic E-state index is -0.448. The first kappa shape index (κ1) is 19.0. The topological polar surface area (TPSA) is 61.9 Å². The van der Waals surface area contributed by atoms with Crippen molar-refractivity contribution < 1.29 is 14.3 Å². The summed E-state index contributed by atoms with van der Waals surface area (Å²) in [5.74, 6) is -0.141. The van der Waals surface area contributed by atoms with E-state index in [4.69, 9.17) is 16.3 Å². The van der Waals surface area contributed by atoms with Crippen LogP contribution in [0.3, 0.4) is 0 Å². The first-order valence-corrected chi connectivity index (χ1v) is 8.99. The smallest absolute Gasteiger partial charge is 0.229 e. The largest absolute Gasteiger partial charge is 0.495 e. The van der Waals surface area contributed by atoms with Gasteiger partial charge in [0.05, 0.1) is 30.1 Å². The van der Waals surface area contributed by atoms with E-state index in [2.05, 4.69) is 5.32 Å². The Bertz CT molecular complexity index is 869. The number of carbonyl (C=O) groups is 2. The molecular weight excluding hydrogens is 366 g/mol. The van der Waals surface area contributed by atoms with Crippen LogP contribution in [-0.2, 0) is 9.59 Å². The number of halogens is 1. The molecule has 2 amide bonds. The Balaban J connectivity index is 1.78. The second kappa shape index (κ2) is 7.88. The fraction of sp³-hybridized carbons (Fsp3) is 0.300. The molecule has 27 heavy (non-hydrogen) atoms. The van der Waals surface area contributed by atoms with Crippen LogP contribution in [-0.4, -0.2) is 39.6 Å². The normalized spacial score (nSPS) is 16.4. The predicted molar refractivity (Wildman–Crippen MR) is 108 cm³/mol. The standard InChI is InChI=1S/C20H22ClN3O3/c1-23(2)16-9-8-14(21)11-15(16)22-20(26)13-10-19(25)24(12-13)17-6-4-5-7-18(17)27-3/h4-9,11,13H,10,12H2,1-3H3,(H,22,26). The molecule has 2 aromatic carbocycles. The van der Waals surface area contributed by atoms with Gasteiger partial charge in [0.25, 0.3) is 0 Å². The van der Waals surface area contributed by atoms with Crippen molar-refractivity contribution in [3.05, 3.63) is 47.5 Å². The van der Waals surface area contributed by atoms with Gasteiger partial charge in [-0.25, -0.2) is 0 Å². The average molecular weight is 388 g/mol. The molecule has 1 fully saturated rings. The van der Waals surface area contributed by atoms with Gasteiger partial charge in [-0.3, -0.25) is 9.59 Å². The lowest BCUT2D eigenvalue weighted by Gasteiger charge is -2.21. The lowest BCUT2D eigenvalue weighted by atomic mass is 10.1. The molecule has 0 spiro atoms. The van der Waals surface area contributed by atoms with Crippen LogP contribution >= 0.6 is 11.6 Å². The van der Waals surface area contributed by atoms with Gasteiger partial charge in [-0.2, -0.15) is 0 Å². The number of hydrogen-bond acceptors (Lipinski definition) is 4. The number of rotatable bonds is 5. The summed E-state index contributed by atoms with van der Waals surface area (Å²) < 4.78 is 5.34. The molecule has 1 heterocycles. The Morgan fingerprint density at radius 1 is 1.26 bits per heavy atom. The number of ether oxygens (including phenoxy) is 1. The van der Waals surface area contributed by atoms with Crippen LogP contribution in [0.25, 0.3) is 0 Å². The highest BCUT2D eigenvalue weighted by molar-refractivity contribution is 6.31. The zero-order valence-corrected chi connectivity index (χ0v) is 16.3. The third kappa shape index (κ3) is 4.01. The zero-order valence-electron chi connectivity index (χ0n) is 15.5. The van der Waals surface area contributed by atoms with Gasteiger partial charge >= 0.3 is 0 Å². The Labute approximate surface area is 163 Å². The highest BCUT2D eigenvalue weighted by atomic mass is 35.5. The fourth-order valence-electron chi connectivity index (χ4n) is 3.20. The maximum absolute atomic E-state index is 12.8. The van der Waals surface area contributed by atoms with E-state index in [1.54, 1.807) is 30.2 Å². The van der Waals surface area contributed by atoms with Gasteiger partial charge in [-0.15, -0.1) is 0 Å². The molecule has 1 saturated heterocycles. The number of para-hydroxylation sites is 2. The van der Waals surface area contributed by atoms with E-state index in [-0.39, 0.29) is 18.2 Å². The molecule has 3 rings (SSSR count). The summed E-state index contributed by atoms with van der Waals surface area (Å²) in [4.78, 5) is 28.8. The summed E-state index contributed by atoms with van der Waals surface area (Å²) in [6.07, 6.45) is 0.155. The molecule has 142 valence electrons. The van der Waals surface area contributed by atoms with Crippen molar-refractivity contribution in [2.24, 2.45) is 5.92 Å². The summed E-state index contributed by atoms with van der Waals surface area (Å²) in [7, 11) is 5.34. The maximum Gasteiger partial charge on any atom is 0.229 e. The molecule has 0 radical (unpaired) electrons.